The first-order valence-corrected chi connectivity index (χ1v) is 7.71. The van der Waals surface area contributed by atoms with Crippen molar-refractivity contribution in [1.82, 2.24) is 9.55 Å². The van der Waals surface area contributed by atoms with Gasteiger partial charge in [0.25, 0.3) is 0 Å². The van der Waals surface area contributed by atoms with Gasteiger partial charge in [-0.3, -0.25) is 4.21 Å². The fraction of sp³-hybridized carbons (Fsp3) is 0.385. The van der Waals surface area contributed by atoms with E-state index >= 15 is 0 Å². The van der Waals surface area contributed by atoms with Crippen molar-refractivity contribution in [2.45, 2.75) is 19.4 Å². The van der Waals surface area contributed by atoms with Gasteiger partial charge in [0.1, 0.15) is 0 Å². The van der Waals surface area contributed by atoms with Crippen LogP contribution in [0.25, 0.3) is 11.0 Å². The number of imidazole rings is 1. The molecule has 0 saturated heterocycles. The van der Waals surface area contributed by atoms with Gasteiger partial charge in [-0.05, 0) is 31.5 Å². The van der Waals surface area contributed by atoms with Crippen LogP contribution in [0.3, 0.4) is 0 Å². The summed E-state index contributed by atoms with van der Waals surface area (Å²) in [5.41, 5.74) is 1.81. The first-order chi connectivity index (χ1) is 8.99. The highest BCUT2D eigenvalue weighted by Crippen LogP contribution is 2.21. The maximum atomic E-state index is 11.1. The summed E-state index contributed by atoms with van der Waals surface area (Å²) in [4.78, 5) is 15.1. The molecular weight excluding hydrogens is 264 g/mol. The summed E-state index contributed by atoms with van der Waals surface area (Å²) in [7, 11) is -0.803. The molecule has 1 heterocycles. The Balaban J connectivity index is 2.30. The number of aromatic nitrogens is 2. The molecule has 2 atom stereocenters. The van der Waals surface area contributed by atoms with Crippen molar-refractivity contribution in [3.8, 4) is 0 Å². The Bertz CT molecular complexity index is 636. The second-order valence-corrected chi connectivity index (χ2v) is 6.13. The predicted molar refractivity (Wildman–Crippen MR) is 75.0 cm³/mol. The third kappa shape index (κ3) is 3.01. The van der Waals surface area contributed by atoms with Crippen LogP contribution in [0.1, 0.15) is 29.7 Å². The van der Waals surface area contributed by atoms with Crippen LogP contribution in [-0.4, -0.2) is 36.8 Å². The van der Waals surface area contributed by atoms with Crippen LogP contribution in [0.4, 0.5) is 0 Å². The lowest BCUT2D eigenvalue weighted by atomic mass is 10.2. The number of benzene rings is 1. The Morgan fingerprint density at radius 3 is 2.89 bits per heavy atom. The molecule has 0 amide bonds. The van der Waals surface area contributed by atoms with Crippen LogP contribution >= 0.6 is 0 Å². The summed E-state index contributed by atoms with van der Waals surface area (Å²) in [6.07, 6.45) is 4.20. The molecule has 1 N–H and O–H groups in total. The molecule has 0 bridgehead atoms. The van der Waals surface area contributed by atoms with E-state index in [2.05, 4.69) is 4.98 Å². The molecule has 0 spiro atoms. The number of carbonyl (C=O) groups is 1. The van der Waals surface area contributed by atoms with Gasteiger partial charge in [-0.15, -0.1) is 0 Å². The first kappa shape index (κ1) is 13.7. The maximum absolute atomic E-state index is 11.1. The normalized spacial score (nSPS) is 14.4. The molecule has 5 nitrogen and oxygen atoms in total. The monoisotopic (exact) mass is 280 g/mol. The zero-order chi connectivity index (χ0) is 14.0. The van der Waals surface area contributed by atoms with E-state index in [0.717, 1.165) is 11.9 Å². The summed E-state index contributed by atoms with van der Waals surface area (Å²) >= 11 is 0. The smallest absolute Gasteiger partial charge is 0.335 e. The molecule has 1 aromatic carbocycles. The number of hydrogen-bond acceptors (Lipinski definition) is 3. The van der Waals surface area contributed by atoms with Crippen molar-refractivity contribution >= 4 is 27.8 Å². The Hall–Kier alpha value is -1.69. The van der Waals surface area contributed by atoms with Crippen LogP contribution < -0.4 is 0 Å². The highest BCUT2D eigenvalue weighted by Gasteiger charge is 2.12. The minimum Gasteiger partial charge on any atom is -0.478 e. The average Bonchev–Trinajstić information content (AvgIpc) is 2.78. The molecule has 0 aliphatic carbocycles. The molecule has 2 unspecified atom stereocenters. The lowest BCUT2D eigenvalue weighted by Gasteiger charge is -2.13. The number of nitrogens with zero attached hydrogens (tertiary/aromatic N) is 2. The Morgan fingerprint density at radius 1 is 1.53 bits per heavy atom. The maximum Gasteiger partial charge on any atom is 0.335 e. The van der Waals surface area contributed by atoms with Crippen LogP contribution in [0, 0.1) is 0 Å². The van der Waals surface area contributed by atoms with Crippen LogP contribution in [0.2, 0.25) is 0 Å². The lowest BCUT2D eigenvalue weighted by molar-refractivity contribution is 0.0697. The Kier molecular flexibility index (Phi) is 3.99. The van der Waals surface area contributed by atoms with E-state index in [9.17, 15) is 9.00 Å². The Morgan fingerprint density at radius 2 is 2.26 bits per heavy atom. The summed E-state index contributed by atoms with van der Waals surface area (Å²) in [5, 5.41) is 8.94. The van der Waals surface area contributed by atoms with Gasteiger partial charge in [0.15, 0.2) is 0 Å². The quantitative estimate of drug-likeness (QED) is 0.910. The SMILES string of the molecule is CC(CCS(C)=O)n1cnc2cc(C(=O)O)ccc21. The van der Waals surface area contributed by atoms with Crippen molar-refractivity contribution in [3.63, 3.8) is 0 Å². The van der Waals surface area contributed by atoms with Crippen LogP contribution in [-0.2, 0) is 10.8 Å². The molecule has 2 rings (SSSR count). The van der Waals surface area contributed by atoms with Crippen molar-refractivity contribution in [2.75, 3.05) is 12.0 Å². The van der Waals surface area contributed by atoms with E-state index in [1.165, 1.54) is 0 Å². The number of fused-ring (bicyclic) bond motifs is 1. The molecule has 2 aromatic rings. The van der Waals surface area contributed by atoms with Gasteiger partial charge >= 0.3 is 5.97 Å². The zero-order valence-electron chi connectivity index (χ0n) is 10.9. The number of rotatable bonds is 5. The summed E-state index contributed by atoms with van der Waals surface area (Å²) in [6.45, 7) is 2.04. The molecule has 0 aliphatic heterocycles. The van der Waals surface area contributed by atoms with Crippen molar-refractivity contribution < 1.29 is 14.1 Å². The largest absolute Gasteiger partial charge is 0.478 e. The fourth-order valence-corrected chi connectivity index (χ4v) is 2.66. The number of aromatic carboxylic acids is 1. The van der Waals surface area contributed by atoms with Crippen molar-refractivity contribution in [1.29, 1.82) is 0 Å². The molecule has 0 saturated carbocycles. The van der Waals surface area contributed by atoms with Gasteiger partial charge < -0.3 is 9.67 Å². The lowest BCUT2D eigenvalue weighted by Crippen LogP contribution is -2.08. The summed E-state index contributed by atoms with van der Waals surface area (Å²) in [6, 6.07) is 5.10. The molecular formula is C13H16N2O3S. The summed E-state index contributed by atoms with van der Waals surface area (Å²) in [5.74, 6) is -0.306. The number of carboxylic acid groups (broad SMARTS) is 1. The average molecular weight is 280 g/mol. The first-order valence-electron chi connectivity index (χ1n) is 5.99. The minimum absolute atomic E-state index is 0.185. The molecule has 0 fully saturated rings. The molecule has 102 valence electrons. The predicted octanol–water partition coefficient (Wildman–Crippen LogP) is 2.06. The topological polar surface area (TPSA) is 72.2 Å². The second kappa shape index (κ2) is 5.52. The van der Waals surface area contributed by atoms with Crippen molar-refractivity contribution in [3.05, 3.63) is 30.1 Å². The van der Waals surface area contributed by atoms with Gasteiger partial charge in [0, 0.05) is 28.9 Å². The van der Waals surface area contributed by atoms with Gasteiger partial charge in [0.05, 0.1) is 22.9 Å². The highest BCUT2D eigenvalue weighted by molar-refractivity contribution is 7.84. The van der Waals surface area contributed by atoms with Gasteiger partial charge in [0.2, 0.25) is 0 Å². The minimum atomic E-state index is -0.953. The van der Waals surface area contributed by atoms with Gasteiger partial charge in [-0.2, -0.15) is 0 Å². The molecule has 19 heavy (non-hydrogen) atoms. The van der Waals surface area contributed by atoms with E-state index in [-0.39, 0.29) is 11.6 Å². The fourth-order valence-electron chi connectivity index (χ4n) is 1.99. The van der Waals surface area contributed by atoms with E-state index < -0.39 is 16.8 Å². The van der Waals surface area contributed by atoms with Gasteiger partial charge in [-0.25, -0.2) is 9.78 Å². The van der Waals surface area contributed by atoms with E-state index in [4.69, 9.17) is 5.11 Å². The van der Waals surface area contributed by atoms with Crippen LogP contribution in [0.15, 0.2) is 24.5 Å². The third-order valence-corrected chi connectivity index (χ3v) is 3.93. The zero-order valence-corrected chi connectivity index (χ0v) is 11.7. The Labute approximate surface area is 113 Å². The van der Waals surface area contributed by atoms with Crippen molar-refractivity contribution in [2.24, 2.45) is 0 Å². The third-order valence-electron chi connectivity index (χ3n) is 3.12. The number of carboxylic acids is 1. The molecule has 1 aromatic heterocycles. The standard InChI is InChI=1S/C13H16N2O3S/c1-9(5-6-19(2)18)15-8-14-11-7-10(13(16)17)3-4-12(11)15/h3-4,7-9H,5-6H2,1-2H3,(H,16,17). The highest BCUT2D eigenvalue weighted by atomic mass is 32.2. The molecule has 0 radical (unpaired) electrons. The molecule has 6 heteroatoms. The van der Waals surface area contributed by atoms with E-state index in [0.29, 0.717) is 11.3 Å². The van der Waals surface area contributed by atoms with E-state index in [1.54, 1.807) is 30.8 Å². The van der Waals surface area contributed by atoms with E-state index in [1.807, 2.05) is 11.5 Å². The second-order valence-electron chi connectivity index (χ2n) is 4.58. The molecule has 0 aliphatic rings. The van der Waals surface area contributed by atoms with Gasteiger partial charge in [-0.1, -0.05) is 0 Å². The van der Waals surface area contributed by atoms with Crippen LogP contribution in [0.5, 0.6) is 0 Å². The summed E-state index contributed by atoms with van der Waals surface area (Å²) < 4.78 is 13.1. The number of hydrogen-bond donors (Lipinski definition) is 1.